The highest BCUT2D eigenvalue weighted by molar-refractivity contribution is 8.15. The highest BCUT2D eigenvalue weighted by Crippen LogP contribution is 2.31. The van der Waals surface area contributed by atoms with Gasteiger partial charge in [0.2, 0.25) is 5.91 Å². The highest BCUT2D eigenvalue weighted by atomic mass is 32.2. The smallest absolute Gasteiger partial charge is 0.244 e. The van der Waals surface area contributed by atoms with E-state index in [2.05, 4.69) is 5.10 Å². The van der Waals surface area contributed by atoms with Crippen LogP contribution in [0.3, 0.4) is 0 Å². The second kappa shape index (κ2) is 7.92. The molecule has 0 saturated carbocycles. The average Bonchev–Trinajstić information content (AvgIpc) is 3.06. The lowest BCUT2D eigenvalue weighted by Gasteiger charge is -2.21. The normalized spacial score (nSPS) is 16.6. The number of hydrazone groups is 1. The number of benzene rings is 2. The molecule has 0 fully saturated rings. The van der Waals surface area contributed by atoms with E-state index in [1.807, 2.05) is 42.5 Å². The Hall–Kier alpha value is -2.32. The van der Waals surface area contributed by atoms with Crippen molar-refractivity contribution in [3.63, 3.8) is 0 Å². The molecule has 26 heavy (non-hydrogen) atoms. The molecule has 1 unspecified atom stereocenters. The summed E-state index contributed by atoms with van der Waals surface area (Å²) < 4.78 is 0. The molecule has 1 heterocycles. The minimum atomic E-state index is -1.37. The first-order chi connectivity index (χ1) is 12.5. The van der Waals surface area contributed by atoms with Crippen LogP contribution in [-0.4, -0.2) is 38.2 Å². The largest absolute Gasteiger partial charge is 0.547 e. The molecule has 1 aliphatic rings. The van der Waals surface area contributed by atoms with E-state index >= 15 is 0 Å². The van der Waals surface area contributed by atoms with Crippen LogP contribution >= 0.6 is 23.5 Å². The molecule has 3 rings (SSSR count). The fourth-order valence-electron chi connectivity index (χ4n) is 2.51. The van der Waals surface area contributed by atoms with Crippen molar-refractivity contribution in [2.75, 3.05) is 5.75 Å². The van der Waals surface area contributed by atoms with Crippen LogP contribution in [0.25, 0.3) is 10.8 Å². The van der Waals surface area contributed by atoms with Crippen LogP contribution in [0.15, 0.2) is 47.6 Å². The number of rotatable bonds is 5. The third-order valence-electron chi connectivity index (χ3n) is 3.72. The number of fused-ring (bicyclic) bond motifs is 1. The molecule has 1 atom stereocenters. The van der Waals surface area contributed by atoms with Crippen LogP contribution < -0.4 is 5.11 Å². The van der Waals surface area contributed by atoms with E-state index < -0.39 is 17.3 Å². The number of hydrogen-bond acceptors (Lipinski definition) is 7. The number of carbonyl (C=O) groups excluding carboxylic acids is 3. The zero-order valence-electron chi connectivity index (χ0n) is 13.9. The highest BCUT2D eigenvalue weighted by Gasteiger charge is 2.33. The van der Waals surface area contributed by atoms with Gasteiger partial charge in [-0.1, -0.05) is 59.9 Å². The van der Waals surface area contributed by atoms with Crippen molar-refractivity contribution < 1.29 is 19.5 Å². The Morgan fingerprint density at radius 2 is 1.92 bits per heavy atom. The number of carboxylic acids is 1. The van der Waals surface area contributed by atoms with Crippen molar-refractivity contribution >= 4 is 56.3 Å². The van der Waals surface area contributed by atoms with E-state index in [1.165, 1.54) is 6.92 Å². The van der Waals surface area contributed by atoms with Gasteiger partial charge in [-0.15, -0.1) is 0 Å². The third kappa shape index (κ3) is 4.08. The molecular weight excluding hydrogens is 372 g/mol. The Bertz CT molecular complexity index is 913. The van der Waals surface area contributed by atoms with E-state index in [1.54, 1.807) is 0 Å². The summed E-state index contributed by atoms with van der Waals surface area (Å²) in [6.07, 6.45) is 0.0308. The molecular formula is C18H15N2O4S2-. The summed E-state index contributed by atoms with van der Waals surface area (Å²) in [6, 6.07) is 13.5. The predicted octanol–water partition coefficient (Wildman–Crippen LogP) is 1.82. The SMILES string of the molecule is CC(=O)SCCC(=O)N1N=C(c2ccc3ccccc3c2)SC1C(=O)[O-]. The standard InChI is InChI=1S/C18H16N2O4S2/c1-11(21)25-9-8-15(22)20-17(18(23)24)26-16(19-20)14-7-6-12-4-2-3-5-13(12)10-14/h2-7,10,17H,8-9H2,1H3,(H,23,24)/p-1. The molecule has 6 nitrogen and oxygen atoms in total. The summed E-state index contributed by atoms with van der Waals surface area (Å²) in [5, 5.41) is 17.8. The van der Waals surface area contributed by atoms with Crippen LogP contribution in [0, 0.1) is 0 Å². The van der Waals surface area contributed by atoms with Gasteiger partial charge >= 0.3 is 0 Å². The lowest BCUT2D eigenvalue weighted by Crippen LogP contribution is -2.44. The van der Waals surface area contributed by atoms with Crippen molar-refractivity contribution in [3.8, 4) is 0 Å². The summed E-state index contributed by atoms with van der Waals surface area (Å²) >= 11 is 2.00. The van der Waals surface area contributed by atoms with Gasteiger partial charge in [-0.3, -0.25) is 9.59 Å². The third-order valence-corrected chi connectivity index (χ3v) is 5.69. The first kappa shape index (κ1) is 18.5. The second-order valence-corrected chi connectivity index (χ2v) is 7.93. The van der Waals surface area contributed by atoms with Crippen molar-refractivity contribution in [3.05, 3.63) is 48.0 Å². The van der Waals surface area contributed by atoms with Crippen LogP contribution in [0.5, 0.6) is 0 Å². The Kier molecular flexibility index (Phi) is 5.63. The minimum absolute atomic E-state index is 0.0308. The quantitative estimate of drug-likeness (QED) is 0.777. The predicted molar refractivity (Wildman–Crippen MR) is 101 cm³/mol. The van der Waals surface area contributed by atoms with Gasteiger partial charge in [-0.25, -0.2) is 5.01 Å². The number of carboxylic acid groups (broad SMARTS) is 1. The molecule has 1 amide bonds. The molecule has 134 valence electrons. The molecule has 0 spiro atoms. The molecule has 0 bridgehead atoms. The molecule has 0 radical (unpaired) electrons. The van der Waals surface area contributed by atoms with Crippen LogP contribution in [0.4, 0.5) is 0 Å². The van der Waals surface area contributed by atoms with Crippen molar-refractivity contribution in [2.45, 2.75) is 18.7 Å². The van der Waals surface area contributed by atoms with Crippen LogP contribution in [0.1, 0.15) is 18.9 Å². The van der Waals surface area contributed by atoms with Gasteiger partial charge in [-0.2, -0.15) is 5.10 Å². The van der Waals surface area contributed by atoms with Gasteiger partial charge in [0, 0.05) is 24.7 Å². The molecule has 2 aromatic carbocycles. The molecule has 0 saturated heterocycles. The average molecular weight is 387 g/mol. The molecule has 8 heteroatoms. The van der Waals surface area contributed by atoms with Crippen LogP contribution in [-0.2, 0) is 14.4 Å². The fraction of sp³-hybridized carbons (Fsp3) is 0.222. The minimum Gasteiger partial charge on any atom is -0.547 e. The van der Waals surface area contributed by atoms with Crippen molar-refractivity contribution in [1.82, 2.24) is 5.01 Å². The fourth-order valence-corrected chi connectivity index (χ4v) is 4.04. The first-order valence-electron chi connectivity index (χ1n) is 7.86. The van der Waals surface area contributed by atoms with E-state index in [-0.39, 0.29) is 17.3 Å². The summed E-state index contributed by atoms with van der Waals surface area (Å²) in [4.78, 5) is 34.7. The Morgan fingerprint density at radius 3 is 2.62 bits per heavy atom. The number of aliphatic carboxylic acids is 1. The lowest BCUT2D eigenvalue weighted by atomic mass is 10.1. The Balaban J connectivity index is 1.83. The summed E-state index contributed by atoms with van der Waals surface area (Å²) in [6.45, 7) is 1.42. The first-order valence-corrected chi connectivity index (χ1v) is 9.73. The second-order valence-electron chi connectivity index (χ2n) is 5.58. The van der Waals surface area contributed by atoms with Gasteiger partial charge in [0.15, 0.2) is 5.12 Å². The zero-order chi connectivity index (χ0) is 18.7. The van der Waals surface area contributed by atoms with Gasteiger partial charge in [0.05, 0.1) is 5.97 Å². The zero-order valence-corrected chi connectivity index (χ0v) is 15.5. The van der Waals surface area contributed by atoms with Gasteiger partial charge in [-0.05, 0) is 16.8 Å². The summed E-state index contributed by atoms with van der Waals surface area (Å²) in [7, 11) is 0. The summed E-state index contributed by atoms with van der Waals surface area (Å²) in [5.41, 5.74) is 0.744. The number of thioether (sulfide) groups is 2. The van der Waals surface area contributed by atoms with Gasteiger partial charge in [0.25, 0.3) is 0 Å². The molecule has 0 aromatic heterocycles. The topological polar surface area (TPSA) is 89.9 Å². The maximum absolute atomic E-state index is 12.3. The maximum Gasteiger partial charge on any atom is 0.244 e. The van der Waals surface area contributed by atoms with E-state index in [4.69, 9.17) is 0 Å². The van der Waals surface area contributed by atoms with Gasteiger partial charge in [0.1, 0.15) is 10.4 Å². The summed E-state index contributed by atoms with van der Waals surface area (Å²) in [5.74, 6) is -1.53. The number of hydrogen-bond donors (Lipinski definition) is 0. The van der Waals surface area contributed by atoms with Crippen LogP contribution in [0.2, 0.25) is 0 Å². The number of nitrogens with zero attached hydrogens (tertiary/aromatic N) is 2. The lowest BCUT2D eigenvalue weighted by molar-refractivity contribution is -0.307. The molecule has 0 N–H and O–H groups in total. The van der Waals surface area contributed by atoms with Gasteiger partial charge < -0.3 is 9.90 Å². The molecule has 0 aliphatic carbocycles. The molecule has 2 aromatic rings. The Labute approximate surface area is 158 Å². The van der Waals surface area contributed by atoms with Crippen molar-refractivity contribution in [1.29, 1.82) is 0 Å². The monoisotopic (exact) mass is 387 g/mol. The molecule has 1 aliphatic heterocycles. The number of carbonyl (C=O) groups is 3. The van der Waals surface area contributed by atoms with E-state index in [0.717, 1.165) is 44.9 Å². The number of amides is 1. The van der Waals surface area contributed by atoms with E-state index in [9.17, 15) is 19.5 Å². The maximum atomic E-state index is 12.3. The van der Waals surface area contributed by atoms with E-state index in [0.29, 0.717) is 5.04 Å². The Morgan fingerprint density at radius 1 is 1.19 bits per heavy atom. The van der Waals surface area contributed by atoms with Crippen molar-refractivity contribution in [2.24, 2.45) is 5.10 Å².